The third-order valence-electron chi connectivity index (χ3n) is 1.73. The van der Waals surface area contributed by atoms with Crippen LogP contribution in [-0.4, -0.2) is 25.8 Å². The van der Waals surface area contributed by atoms with Crippen molar-refractivity contribution < 1.29 is 4.79 Å². The van der Waals surface area contributed by atoms with Crippen LogP contribution in [0, 0.1) is 0 Å². The van der Waals surface area contributed by atoms with Crippen molar-refractivity contribution in [3.8, 4) is 11.4 Å². The van der Waals surface area contributed by atoms with Crippen LogP contribution in [0.1, 0.15) is 0 Å². The summed E-state index contributed by atoms with van der Waals surface area (Å²) < 4.78 is 1.26. The molecule has 0 spiro atoms. The molecule has 3 aliphatic rings. The van der Waals surface area contributed by atoms with Gasteiger partial charge in [0.25, 0.3) is 5.95 Å². The van der Waals surface area contributed by atoms with E-state index in [1.54, 1.807) is 6.20 Å². The van der Waals surface area contributed by atoms with Crippen LogP contribution in [0.15, 0.2) is 22.6 Å². The Labute approximate surface area is 71.5 Å². The Morgan fingerprint density at radius 2 is 2.23 bits per heavy atom. The predicted octanol–water partition coefficient (Wildman–Crippen LogP) is 0.843. The lowest BCUT2D eigenvalue weighted by Gasteiger charge is -1.99. The highest BCUT2D eigenvalue weighted by Gasteiger charge is 2.20. The van der Waals surface area contributed by atoms with E-state index in [0.717, 1.165) is 0 Å². The van der Waals surface area contributed by atoms with Crippen molar-refractivity contribution in [1.29, 1.82) is 0 Å². The maximum absolute atomic E-state index is 11.1. The SMILES string of the molecule is O=C1N=Nc2nc3nncc-3cn21. The monoisotopic (exact) mass is 174 g/mol. The van der Waals surface area contributed by atoms with Crippen molar-refractivity contribution in [1.82, 2.24) is 19.7 Å². The van der Waals surface area contributed by atoms with Crippen molar-refractivity contribution in [2.45, 2.75) is 0 Å². The first-order valence-corrected chi connectivity index (χ1v) is 3.51. The lowest BCUT2D eigenvalue weighted by atomic mass is 10.3. The molecule has 3 aliphatic heterocycles. The molecule has 0 saturated carbocycles. The summed E-state index contributed by atoms with van der Waals surface area (Å²) in [4.78, 5) is 15.0. The highest BCUT2D eigenvalue weighted by Crippen LogP contribution is 2.24. The van der Waals surface area contributed by atoms with Gasteiger partial charge in [0, 0.05) is 6.20 Å². The van der Waals surface area contributed by atoms with Gasteiger partial charge in [-0.05, 0) is 0 Å². The first-order chi connectivity index (χ1) is 6.34. The smallest absolute Gasteiger partial charge is 0.243 e. The Morgan fingerprint density at radius 1 is 1.31 bits per heavy atom. The van der Waals surface area contributed by atoms with Gasteiger partial charge in [-0.3, -0.25) is 0 Å². The Kier molecular flexibility index (Phi) is 0.950. The van der Waals surface area contributed by atoms with Crippen molar-refractivity contribution in [2.24, 2.45) is 10.2 Å². The second kappa shape index (κ2) is 1.94. The Morgan fingerprint density at radius 3 is 3.15 bits per heavy atom. The molecule has 0 N–H and O–H groups in total. The predicted molar refractivity (Wildman–Crippen MR) is 39.7 cm³/mol. The molecule has 3 heterocycles. The highest BCUT2D eigenvalue weighted by molar-refractivity contribution is 5.83. The van der Waals surface area contributed by atoms with Gasteiger partial charge in [0.2, 0.25) is 0 Å². The van der Waals surface area contributed by atoms with Gasteiger partial charge in [-0.25, -0.2) is 9.36 Å². The van der Waals surface area contributed by atoms with E-state index in [1.165, 1.54) is 10.8 Å². The summed E-state index contributed by atoms with van der Waals surface area (Å²) in [6.07, 6.45) is 3.10. The molecular formula is C6H2N6O. The Bertz CT molecular complexity index is 500. The van der Waals surface area contributed by atoms with Crippen molar-refractivity contribution in [3.63, 3.8) is 0 Å². The molecule has 0 fully saturated rings. The Hall–Kier alpha value is -2.18. The molecule has 7 heteroatoms. The fraction of sp³-hybridized carbons (Fsp3) is 0. The number of hydrogen-bond donors (Lipinski definition) is 0. The first-order valence-electron chi connectivity index (χ1n) is 3.51. The number of nitrogens with zero attached hydrogens (tertiary/aromatic N) is 6. The zero-order valence-corrected chi connectivity index (χ0v) is 6.25. The maximum Gasteiger partial charge on any atom is 0.373 e. The van der Waals surface area contributed by atoms with Crippen molar-refractivity contribution in [2.75, 3.05) is 0 Å². The zero-order chi connectivity index (χ0) is 8.84. The van der Waals surface area contributed by atoms with Gasteiger partial charge < -0.3 is 0 Å². The quantitative estimate of drug-likeness (QED) is 0.592. The molecule has 0 atom stereocenters. The van der Waals surface area contributed by atoms with E-state index >= 15 is 0 Å². The van der Waals surface area contributed by atoms with Crippen LogP contribution in [0.4, 0.5) is 10.7 Å². The summed E-state index contributed by atoms with van der Waals surface area (Å²) in [7, 11) is 0. The van der Waals surface area contributed by atoms with Crippen LogP contribution in [0.2, 0.25) is 0 Å². The minimum Gasteiger partial charge on any atom is -0.243 e. The topological polar surface area (TPSA) is 85.4 Å². The average Bonchev–Trinajstić information content (AvgIpc) is 2.70. The van der Waals surface area contributed by atoms with Gasteiger partial charge in [0.05, 0.1) is 11.8 Å². The Balaban J connectivity index is 2.40. The molecular weight excluding hydrogens is 172 g/mol. The summed E-state index contributed by atoms with van der Waals surface area (Å²) in [6, 6.07) is -0.439. The molecule has 0 aromatic heterocycles. The second-order valence-electron chi connectivity index (χ2n) is 2.52. The second-order valence-corrected chi connectivity index (χ2v) is 2.52. The summed E-state index contributed by atoms with van der Waals surface area (Å²) in [5.74, 6) is 0.720. The molecule has 3 rings (SSSR count). The molecule has 0 bridgehead atoms. The summed E-state index contributed by atoms with van der Waals surface area (Å²) >= 11 is 0. The van der Waals surface area contributed by atoms with Crippen LogP contribution >= 0.6 is 0 Å². The van der Waals surface area contributed by atoms with Gasteiger partial charge in [-0.15, -0.1) is 10.2 Å². The van der Waals surface area contributed by atoms with E-state index in [0.29, 0.717) is 11.4 Å². The van der Waals surface area contributed by atoms with E-state index in [4.69, 9.17) is 0 Å². The molecule has 7 nitrogen and oxygen atoms in total. The molecule has 0 aromatic rings. The van der Waals surface area contributed by atoms with Crippen LogP contribution in [0.5, 0.6) is 0 Å². The van der Waals surface area contributed by atoms with Gasteiger partial charge in [0.1, 0.15) is 0 Å². The van der Waals surface area contributed by atoms with Crippen LogP contribution in [0.25, 0.3) is 11.4 Å². The number of rotatable bonds is 0. The minimum absolute atomic E-state index is 0.248. The lowest BCUT2D eigenvalue weighted by Crippen LogP contribution is -2.04. The van der Waals surface area contributed by atoms with E-state index in [9.17, 15) is 4.79 Å². The highest BCUT2D eigenvalue weighted by atomic mass is 16.2. The van der Waals surface area contributed by atoms with Gasteiger partial charge in [-0.1, -0.05) is 5.11 Å². The number of amides is 1. The minimum atomic E-state index is -0.439. The number of hydrogen-bond acceptors (Lipinski definition) is 5. The van der Waals surface area contributed by atoms with E-state index < -0.39 is 6.03 Å². The number of aromatic nitrogens is 4. The van der Waals surface area contributed by atoms with Gasteiger partial charge in [-0.2, -0.15) is 10.1 Å². The largest absolute Gasteiger partial charge is 0.373 e. The fourth-order valence-corrected chi connectivity index (χ4v) is 1.13. The van der Waals surface area contributed by atoms with E-state index in [2.05, 4.69) is 25.4 Å². The molecule has 0 aliphatic carbocycles. The van der Waals surface area contributed by atoms with Crippen LogP contribution in [0.3, 0.4) is 0 Å². The number of carbonyl (C=O) groups excluding carboxylic acids is 1. The third kappa shape index (κ3) is 0.723. The summed E-state index contributed by atoms with van der Waals surface area (Å²) in [5, 5.41) is 14.3. The molecule has 0 aromatic carbocycles. The lowest BCUT2D eigenvalue weighted by molar-refractivity contribution is 0.251. The van der Waals surface area contributed by atoms with Crippen LogP contribution in [-0.2, 0) is 0 Å². The molecule has 1 amide bonds. The third-order valence-corrected chi connectivity index (χ3v) is 1.73. The summed E-state index contributed by atoms with van der Waals surface area (Å²) in [6.45, 7) is 0. The first kappa shape index (κ1) is 6.35. The van der Waals surface area contributed by atoms with Crippen LogP contribution < -0.4 is 0 Å². The van der Waals surface area contributed by atoms with Crippen molar-refractivity contribution >= 4 is 12.0 Å². The molecule has 0 radical (unpaired) electrons. The normalized spacial score (nSPS) is 14.0. The average molecular weight is 174 g/mol. The number of carbonyl (C=O) groups is 1. The maximum atomic E-state index is 11.1. The molecule has 0 saturated heterocycles. The summed E-state index contributed by atoms with van der Waals surface area (Å²) in [5.41, 5.74) is 0.699. The standard InChI is InChI=1S/C6H2N6O/c13-6-11-10-5-8-4-3(1-7-9-4)2-12(5)6/h1-2H. The van der Waals surface area contributed by atoms with Gasteiger partial charge >= 0.3 is 6.03 Å². The van der Waals surface area contributed by atoms with E-state index in [1.807, 2.05) is 0 Å². The fourth-order valence-electron chi connectivity index (χ4n) is 1.13. The number of azo groups is 1. The zero-order valence-electron chi connectivity index (χ0n) is 6.25. The number of fused-ring (bicyclic) bond motifs is 2. The molecule has 0 unspecified atom stereocenters. The molecule has 62 valence electrons. The molecule has 13 heavy (non-hydrogen) atoms. The van der Waals surface area contributed by atoms with Gasteiger partial charge in [0.15, 0.2) is 5.82 Å². The van der Waals surface area contributed by atoms with E-state index in [-0.39, 0.29) is 5.95 Å². The van der Waals surface area contributed by atoms with Crippen molar-refractivity contribution in [3.05, 3.63) is 12.4 Å².